The van der Waals surface area contributed by atoms with Crippen LogP contribution in [0.5, 0.6) is 0 Å². The molecule has 0 bridgehead atoms. The summed E-state index contributed by atoms with van der Waals surface area (Å²) in [6, 6.07) is 0. The zero-order valence-electron chi connectivity index (χ0n) is 18.3. The fourth-order valence-electron chi connectivity index (χ4n) is 2.01. The fourth-order valence-corrected chi connectivity index (χ4v) is 2.01. The van der Waals surface area contributed by atoms with Gasteiger partial charge in [0.1, 0.15) is 0 Å². The van der Waals surface area contributed by atoms with E-state index in [-0.39, 0.29) is 6.42 Å². The number of hydrogen-bond donors (Lipinski definition) is 3. The van der Waals surface area contributed by atoms with Gasteiger partial charge in [-0.1, -0.05) is 95.6 Å². The van der Waals surface area contributed by atoms with Crippen LogP contribution < -0.4 is 0 Å². The zero-order chi connectivity index (χ0) is 22.8. The maximum Gasteiger partial charge on any atom is 0.328 e. The van der Waals surface area contributed by atoms with E-state index in [4.69, 9.17) is 20.1 Å². The van der Waals surface area contributed by atoms with Crippen molar-refractivity contribution in [2.45, 2.75) is 91.4 Å². The van der Waals surface area contributed by atoms with E-state index in [1.165, 1.54) is 63.9 Å². The highest BCUT2D eigenvalue weighted by atomic mass is 16.4. The summed E-state index contributed by atoms with van der Waals surface area (Å²) in [4.78, 5) is 28.6. The van der Waals surface area contributed by atoms with Gasteiger partial charge in [0.25, 0.3) is 5.97 Å². The molecule has 0 radical (unpaired) electrons. The van der Waals surface area contributed by atoms with E-state index < -0.39 is 17.9 Å². The zero-order valence-corrected chi connectivity index (χ0v) is 18.3. The molecule has 0 unspecified atom stereocenters. The summed E-state index contributed by atoms with van der Waals surface area (Å²) >= 11 is 0. The van der Waals surface area contributed by atoms with Gasteiger partial charge < -0.3 is 15.3 Å². The third kappa shape index (κ3) is 51.7. The van der Waals surface area contributed by atoms with Crippen LogP contribution in [-0.2, 0) is 14.4 Å². The van der Waals surface area contributed by atoms with Crippen molar-refractivity contribution >= 4 is 17.9 Å². The Hall–Kier alpha value is -2.37. The Kier molecular flexibility index (Phi) is 30.1. The van der Waals surface area contributed by atoms with Crippen LogP contribution in [0.15, 0.2) is 36.5 Å². The second-order valence-corrected chi connectivity index (χ2v) is 6.39. The average Bonchev–Trinajstić information content (AvgIpc) is 2.64. The summed E-state index contributed by atoms with van der Waals surface area (Å²) in [5.41, 5.74) is 0. The van der Waals surface area contributed by atoms with Crippen LogP contribution >= 0.6 is 0 Å². The Balaban J connectivity index is -0.000000623. The van der Waals surface area contributed by atoms with E-state index in [1.54, 1.807) is 13.0 Å². The molecule has 0 spiro atoms. The number of hydrogen-bond acceptors (Lipinski definition) is 3. The van der Waals surface area contributed by atoms with Crippen molar-refractivity contribution in [2.75, 3.05) is 0 Å². The Morgan fingerprint density at radius 2 is 1.10 bits per heavy atom. The Morgan fingerprint density at radius 1 is 0.690 bits per heavy atom. The first kappa shape index (κ1) is 31.3. The number of rotatable bonds is 14. The fraction of sp³-hybridized carbons (Fsp3) is 0.609. The number of carbonyl (C=O) groups is 3. The molecule has 0 saturated heterocycles. The number of carboxylic acids is 3. The molecule has 29 heavy (non-hydrogen) atoms. The molecular formula is C23H40O6. The molecule has 0 aliphatic heterocycles. The van der Waals surface area contributed by atoms with Crippen LogP contribution in [0.3, 0.4) is 0 Å². The molecule has 0 rings (SSSR count). The summed E-state index contributed by atoms with van der Waals surface area (Å²) in [6.07, 6.45) is 24.0. The first-order valence-electron chi connectivity index (χ1n) is 10.4. The molecular weight excluding hydrogens is 372 g/mol. The van der Waals surface area contributed by atoms with Gasteiger partial charge in [-0.3, -0.25) is 9.59 Å². The van der Waals surface area contributed by atoms with Gasteiger partial charge in [-0.05, 0) is 12.8 Å². The number of aliphatic carboxylic acids is 3. The lowest BCUT2D eigenvalue weighted by Crippen LogP contribution is -1.86. The van der Waals surface area contributed by atoms with Gasteiger partial charge >= 0.3 is 11.9 Å². The average molecular weight is 413 g/mol. The molecule has 0 fully saturated rings. The molecule has 0 amide bonds. The maximum atomic E-state index is 10.2. The lowest BCUT2D eigenvalue weighted by molar-refractivity contribution is -0.137. The van der Waals surface area contributed by atoms with Crippen molar-refractivity contribution in [2.24, 2.45) is 0 Å². The predicted molar refractivity (Wildman–Crippen MR) is 118 cm³/mol. The van der Waals surface area contributed by atoms with Crippen molar-refractivity contribution in [3.63, 3.8) is 0 Å². The van der Waals surface area contributed by atoms with Crippen molar-refractivity contribution in [1.29, 1.82) is 0 Å². The Morgan fingerprint density at radius 3 is 1.52 bits per heavy atom. The van der Waals surface area contributed by atoms with Crippen LogP contribution in [0, 0.1) is 0 Å². The van der Waals surface area contributed by atoms with Gasteiger partial charge in [0.05, 0.1) is 0 Å². The third-order valence-corrected chi connectivity index (χ3v) is 3.49. The lowest BCUT2D eigenvalue weighted by atomic mass is 10.1. The standard InChI is InChI=1S/C18H30O2.C3H6O2.C2H4O2/c1-2-3-4-5-6-7-8-9-10-11-12-13-14-15-16-17-18(19)20;1-2-3(4)5;1-2(3)4/h12-17H,2-11H2,1H3,(H,19,20);2H2,1H3,(H,4,5);1H3,(H,3,4)/b13-12+,15-14+,17-16+;;. The predicted octanol–water partition coefficient (Wildman–Crippen LogP) is 6.23. The summed E-state index contributed by atoms with van der Waals surface area (Å²) in [6.45, 7) is 4.94. The summed E-state index contributed by atoms with van der Waals surface area (Å²) in [5.74, 6) is -2.49. The molecule has 6 heteroatoms. The van der Waals surface area contributed by atoms with Gasteiger partial charge in [-0.2, -0.15) is 0 Å². The van der Waals surface area contributed by atoms with Crippen LogP contribution in [0.4, 0.5) is 0 Å². The molecule has 0 aliphatic rings. The monoisotopic (exact) mass is 412 g/mol. The second kappa shape index (κ2) is 27.8. The topological polar surface area (TPSA) is 112 Å². The van der Waals surface area contributed by atoms with Crippen molar-refractivity contribution < 1.29 is 29.7 Å². The number of unbranched alkanes of at least 4 members (excludes halogenated alkanes) is 9. The van der Waals surface area contributed by atoms with Crippen molar-refractivity contribution in [3.8, 4) is 0 Å². The smallest absolute Gasteiger partial charge is 0.328 e. The largest absolute Gasteiger partial charge is 0.481 e. The summed E-state index contributed by atoms with van der Waals surface area (Å²) in [5, 5.41) is 23.5. The lowest BCUT2D eigenvalue weighted by Gasteiger charge is -2.00. The Bertz CT molecular complexity index is 474. The van der Waals surface area contributed by atoms with Gasteiger partial charge in [0.2, 0.25) is 0 Å². The molecule has 0 aromatic rings. The van der Waals surface area contributed by atoms with Crippen LogP contribution in [0.25, 0.3) is 0 Å². The van der Waals surface area contributed by atoms with Gasteiger partial charge in [-0.25, -0.2) is 4.79 Å². The first-order valence-corrected chi connectivity index (χ1v) is 10.4. The summed E-state index contributed by atoms with van der Waals surface area (Å²) in [7, 11) is 0. The van der Waals surface area contributed by atoms with E-state index in [0.717, 1.165) is 19.4 Å². The highest BCUT2D eigenvalue weighted by molar-refractivity contribution is 5.80. The van der Waals surface area contributed by atoms with E-state index in [2.05, 4.69) is 13.0 Å². The minimum Gasteiger partial charge on any atom is -0.481 e. The minimum absolute atomic E-state index is 0.222. The van der Waals surface area contributed by atoms with Crippen LogP contribution in [-0.4, -0.2) is 33.2 Å². The second-order valence-electron chi connectivity index (χ2n) is 6.39. The van der Waals surface area contributed by atoms with Gasteiger partial charge in [0, 0.05) is 19.4 Å². The van der Waals surface area contributed by atoms with Gasteiger partial charge in [-0.15, -0.1) is 0 Å². The Labute approximate surface area is 176 Å². The molecule has 0 aromatic carbocycles. The quantitative estimate of drug-likeness (QED) is 0.177. The molecule has 0 atom stereocenters. The van der Waals surface area contributed by atoms with E-state index in [9.17, 15) is 9.59 Å². The minimum atomic E-state index is -0.909. The van der Waals surface area contributed by atoms with E-state index in [1.807, 2.05) is 12.2 Å². The first-order chi connectivity index (χ1) is 13.8. The maximum absolute atomic E-state index is 10.2. The highest BCUT2D eigenvalue weighted by Gasteiger charge is 1.90. The van der Waals surface area contributed by atoms with E-state index >= 15 is 0 Å². The van der Waals surface area contributed by atoms with Crippen molar-refractivity contribution in [1.82, 2.24) is 0 Å². The molecule has 0 heterocycles. The summed E-state index contributed by atoms with van der Waals surface area (Å²) < 4.78 is 0. The molecule has 6 nitrogen and oxygen atoms in total. The van der Waals surface area contributed by atoms with Crippen molar-refractivity contribution in [3.05, 3.63) is 36.5 Å². The molecule has 0 aliphatic carbocycles. The number of allylic oxidation sites excluding steroid dienone is 5. The molecule has 0 aromatic heterocycles. The van der Waals surface area contributed by atoms with Crippen LogP contribution in [0.1, 0.15) is 91.4 Å². The third-order valence-electron chi connectivity index (χ3n) is 3.49. The van der Waals surface area contributed by atoms with E-state index in [0.29, 0.717) is 0 Å². The normalized spacial score (nSPS) is 10.4. The molecule has 0 saturated carbocycles. The molecule has 3 N–H and O–H groups in total. The van der Waals surface area contributed by atoms with Gasteiger partial charge in [0.15, 0.2) is 0 Å². The highest BCUT2D eigenvalue weighted by Crippen LogP contribution is 2.10. The molecule has 168 valence electrons. The SMILES string of the molecule is CC(=O)O.CCC(=O)O.CCCCCCCCCCC/C=C/C=C/C=C/C(=O)O. The van der Waals surface area contributed by atoms with Crippen LogP contribution in [0.2, 0.25) is 0 Å². The number of carboxylic acid groups (broad SMARTS) is 3.